The van der Waals surface area contributed by atoms with Crippen molar-refractivity contribution >= 4 is 17.7 Å². The van der Waals surface area contributed by atoms with Crippen LogP contribution in [0.25, 0.3) is 0 Å². The van der Waals surface area contributed by atoms with Crippen molar-refractivity contribution in [3.63, 3.8) is 0 Å². The minimum Gasteiger partial charge on any atom is -0.480 e. The standard InChI is InChI=1S/C6H9N3O2.C5H8O3/c7-5(6(10)11)1-4-2-8-3-9-4;1-3(2)4(6)5(7)8/h2-3,5H,1,7H2,(H,8,9)(H,10,11);3H,1-2H3,(H,7,8). The number of aromatic amines is 1. The van der Waals surface area contributed by atoms with E-state index in [1.54, 1.807) is 20.0 Å². The van der Waals surface area contributed by atoms with Gasteiger partial charge < -0.3 is 20.9 Å². The molecule has 5 N–H and O–H groups in total. The zero-order valence-electron chi connectivity index (χ0n) is 10.7. The lowest BCUT2D eigenvalue weighted by Gasteiger charge is -2.02. The Morgan fingerprint density at radius 2 is 1.95 bits per heavy atom. The molecule has 1 rings (SSSR count). The summed E-state index contributed by atoms with van der Waals surface area (Å²) < 4.78 is 0. The number of hydrogen-bond donors (Lipinski definition) is 4. The molecule has 1 unspecified atom stereocenters. The van der Waals surface area contributed by atoms with Crippen molar-refractivity contribution in [2.24, 2.45) is 11.7 Å². The van der Waals surface area contributed by atoms with Gasteiger partial charge in [-0.2, -0.15) is 0 Å². The molecule has 0 radical (unpaired) electrons. The molecule has 1 heterocycles. The summed E-state index contributed by atoms with van der Waals surface area (Å²) in [4.78, 5) is 36.8. The highest BCUT2D eigenvalue weighted by Crippen LogP contribution is 1.95. The van der Waals surface area contributed by atoms with Crippen molar-refractivity contribution in [3.8, 4) is 0 Å². The maximum Gasteiger partial charge on any atom is 0.372 e. The first-order chi connectivity index (χ1) is 8.75. The van der Waals surface area contributed by atoms with Crippen molar-refractivity contribution < 1.29 is 24.6 Å². The number of carbonyl (C=O) groups excluding carboxylic acids is 1. The van der Waals surface area contributed by atoms with Crippen molar-refractivity contribution in [1.29, 1.82) is 0 Å². The molecule has 19 heavy (non-hydrogen) atoms. The normalized spacial score (nSPS) is 11.4. The highest BCUT2D eigenvalue weighted by molar-refractivity contribution is 6.33. The van der Waals surface area contributed by atoms with Crippen molar-refractivity contribution in [2.75, 3.05) is 0 Å². The maximum absolute atomic E-state index is 10.3. The molecule has 1 aromatic heterocycles. The average molecular weight is 271 g/mol. The Kier molecular flexibility index (Phi) is 7.05. The van der Waals surface area contributed by atoms with Crippen LogP contribution >= 0.6 is 0 Å². The third kappa shape index (κ3) is 6.94. The van der Waals surface area contributed by atoms with Crippen LogP contribution in [-0.2, 0) is 20.8 Å². The molecule has 0 fully saturated rings. The summed E-state index contributed by atoms with van der Waals surface area (Å²) in [7, 11) is 0. The van der Waals surface area contributed by atoms with Gasteiger partial charge in [-0.15, -0.1) is 0 Å². The zero-order valence-corrected chi connectivity index (χ0v) is 10.7. The Morgan fingerprint density at radius 3 is 2.21 bits per heavy atom. The number of nitrogens with one attached hydrogen (secondary N) is 1. The van der Waals surface area contributed by atoms with E-state index in [1.165, 1.54) is 6.33 Å². The molecular formula is C11H17N3O5. The minimum atomic E-state index is -1.35. The smallest absolute Gasteiger partial charge is 0.372 e. The summed E-state index contributed by atoms with van der Waals surface area (Å²) in [5, 5.41) is 16.4. The molecule has 8 nitrogen and oxygen atoms in total. The Hall–Kier alpha value is -2.22. The number of imidazole rings is 1. The number of ketones is 1. The molecule has 0 saturated heterocycles. The van der Waals surface area contributed by atoms with Gasteiger partial charge in [0.05, 0.1) is 6.33 Å². The lowest BCUT2D eigenvalue weighted by molar-refractivity contribution is -0.150. The van der Waals surface area contributed by atoms with Gasteiger partial charge >= 0.3 is 11.9 Å². The molecule has 0 spiro atoms. The van der Waals surface area contributed by atoms with E-state index in [-0.39, 0.29) is 6.42 Å². The van der Waals surface area contributed by atoms with Gasteiger partial charge in [0, 0.05) is 24.2 Å². The summed E-state index contributed by atoms with van der Waals surface area (Å²) >= 11 is 0. The fraction of sp³-hybridized carbons (Fsp3) is 0.455. The number of carboxylic acid groups (broad SMARTS) is 2. The summed E-state index contributed by atoms with van der Waals surface area (Å²) in [6, 6.07) is -0.851. The minimum absolute atomic E-state index is 0.287. The summed E-state index contributed by atoms with van der Waals surface area (Å²) in [6.07, 6.45) is 3.34. The molecule has 0 bridgehead atoms. The van der Waals surface area contributed by atoms with Crippen LogP contribution < -0.4 is 5.73 Å². The van der Waals surface area contributed by atoms with Gasteiger partial charge in [0.25, 0.3) is 0 Å². The second kappa shape index (κ2) is 7.98. The van der Waals surface area contributed by atoms with Gasteiger partial charge in [-0.25, -0.2) is 9.78 Å². The number of carbonyl (C=O) groups is 3. The fourth-order valence-electron chi connectivity index (χ4n) is 0.968. The van der Waals surface area contributed by atoms with Crippen LogP contribution in [0.1, 0.15) is 19.5 Å². The van der Waals surface area contributed by atoms with Crippen molar-refractivity contribution in [3.05, 3.63) is 18.2 Å². The molecule has 8 heteroatoms. The first kappa shape index (κ1) is 16.8. The molecule has 0 aromatic carbocycles. The number of nitrogens with two attached hydrogens (primary N) is 1. The van der Waals surface area contributed by atoms with E-state index in [0.29, 0.717) is 0 Å². The van der Waals surface area contributed by atoms with E-state index in [1.807, 2.05) is 0 Å². The predicted molar refractivity (Wildman–Crippen MR) is 65.4 cm³/mol. The van der Waals surface area contributed by atoms with Gasteiger partial charge in [0.2, 0.25) is 5.78 Å². The van der Waals surface area contributed by atoms with Crippen molar-refractivity contribution in [1.82, 2.24) is 9.97 Å². The van der Waals surface area contributed by atoms with Crippen LogP contribution in [0.3, 0.4) is 0 Å². The van der Waals surface area contributed by atoms with Crippen LogP contribution in [0, 0.1) is 5.92 Å². The molecule has 0 aliphatic heterocycles. The molecule has 0 aliphatic rings. The maximum atomic E-state index is 10.3. The van der Waals surface area contributed by atoms with Crippen LogP contribution in [0.15, 0.2) is 12.5 Å². The quantitative estimate of drug-likeness (QED) is 0.535. The number of aromatic nitrogens is 2. The molecule has 0 saturated carbocycles. The first-order valence-corrected chi connectivity index (χ1v) is 5.48. The number of rotatable bonds is 5. The van der Waals surface area contributed by atoms with E-state index in [0.717, 1.165) is 5.69 Å². The summed E-state index contributed by atoms with van der Waals surface area (Å²) in [5.74, 6) is -3.47. The van der Waals surface area contributed by atoms with E-state index < -0.39 is 29.7 Å². The second-order valence-electron chi connectivity index (χ2n) is 4.05. The number of Topliss-reactive ketones (excluding diaryl/α,β-unsaturated/α-hetero) is 1. The molecule has 1 aromatic rings. The van der Waals surface area contributed by atoms with Gasteiger partial charge in [0.15, 0.2) is 0 Å². The third-order valence-corrected chi connectivity index (χ3v) is 2.05. The van der Waals surface area contributed by atoms with E-state index >= 15 is 0 Å². The number of hydrogen-bond acceptors (Lipinski definition) is 5. The van der Waals surface area contributed by atoms with Gasteiger partial charge in [-0.3, -0.25) is 9.59 Å². The summed E-state index contributed by atoms with van der Waals surface area (Å²) in [6.45, 7) is 3.10. The third-order valence-electron chi connectivity index (χ3n) is 2.05. The second-order valence-corrected chi connectivity index (χ2v) is 4.05. The average Bonchev–Trinajstić information content (AvgIpc) is 2.81. The van der Waals surface area contributed by atoms with E-state index in [4.69, 9.17) is 15.9 Å². The number of carboxylic acids is 2. The first-order valence-electron chi connectivity index (χ1n) is 5.48. The highest BCUT2D eigenvalue weighted by atomic mass is 16.4. The van der Waals surface area contributed by atoms with Crippen LogP contribution in [-0.4, -0.2) is 43.9 Å². The SMILES string of the molecule is CC(C)C(=O)C(=O)O.NC(Cc1cnc[nH]1)C(=O)O. The van der Waals surface area contributed by atoms with Gasteiger partial charge in [-0.05, 0) is 0 Å². The monoisotopic (exact) mass is 271 g/mol. The van der Waals surface area contributed by atoms with Gasteiger partial charge in [-0.1, -0.05) is 13.8 Å². The summed E-state index contributed by atoms with van der Waals surface area (Å²) in [5.41, 5.74) is 6.00. The Morgan fingerprint density at radius 1 is 1.37 bits per heavy atom. The topological polar surface area (TPSA) is 146 Å². The number of aliphatic carboxylic acids is 2. The molecule has 0 amide bonds. The Bertz CT molecular complexity index is 428. The molecular weight excluding hydrogens is 254 g/mol. The zero-order chi connectivity index (χ0) is 15.0. The van der Waals surface area contributed by atoms with E-state index in [2.05, 4.69) is 9.97 Å². The Labute approximate surface area is 109 Å². The lowest BCUT2D eigenvalue weighted by atomic mass is 10.1. The van der Waals surface area contributed by atoms with E-state index in [9.17, 15) is 14.4 Å². The van der Waals surface area contributed by atoms with Crippen LogP contribution in [0.2, 0.25) is 0 Å². The Balaban J connectivity index is 0.000000362. The molecule has 1 atom stereocenters. The number of nitrogens with zero attached hydrogens (tertiary/aromatic N) is 1. The lowest BCUT2D eigenvalue weighted by Crippen LogP contribution is -2.32. The fourth-order valence-corrected chi connectivity index (χ4v) is 0.968. The predicted octanol–water partition coefficient (Wildman–Crippen LogP) is -0.340. The largest absolute Gasteiger partial charge is 0.480 e. The number of H-pyrrole nitrogens is 1. The molecule has 0 aliphatic carbocycles. The van der Waals surface area contributed by atoms with Crippen molar-refractivity contribution in [2.45, 2.75) is 26.3 Å². The van der Waals surface area contributed by atoms with Crippen LogP contribution in [0.4, 0.5) is 0 Å². The van der Waals surface area contributed by atoms with Gasteiger partial charge in [0.1, 0.15) is 6.04 Å². The molecule has 106 valence electrons. The van der Waals surface area contributed by atoms with Crippen LogP contribution in [0.5, 0.6) is 0 Å². The highest BCUT2D eigenvalue weighted by Gasteiger charge is 2.14.